The van der Waals surface area contributed by atoms with Crippen LogP contribution in [0, 0.1) is 0 Å². The minimum Gasteiger partial charge on any atom is -0.480 e. The number of hydrogen-bond acceptors (Lipinski definition) is 4. The predicted octanol–water partition coefficient (Wildman–Crippen LogP) is 0.00820. The maximum absolute atomic E-state index is 10.7. The third-order valence-corrected chi connectivity index (χ3v) is 2.45. The molecule has 0 saturated carbocycles. The smallest absolute Gasteiger partial charge is 0.323 e. The molecule has 1 aromatic carbocycles. The quantitative estimate of drug-likeness (QED) is 0.583. The number of benzene rings is 1. The number of para-hydroxylation sites is 1. The molecule has 2 atom stereocenters. The number of H-pyrrole nitrogens is 1. The number of carbonyl (C=O) groups is 1. The predicted molar refractivity (Wildman–Crippen MR) is 56.7 cm³/mol. The molecule has 0 fully saturated rings. The van der Waals surface area contributed by atoms with Crippen molar-refractivity contribution in [2.75, 3.05) is 0 Å². The second-order valence-corrected chi connectivity index (χ2v) is 3.49. The van der Waals surface area contributed by atoms with Gasteiger partial charge in [0.15, 0.2) is 0 Å². The second-order valence-electron chi connectivity index (χ2n) is 3.49. The molecule has 0 spiro atoms. The number of carboxylic acids is 1. The van der Waals surface area contributed by atoms with Gasteiger partial charge in [0, 0.05) is 10.9 Å². The molecule has 0 aliphatic carbocycles. The molecule has 84 valence electrons. The fourth-order valence-electron chi connectivity index (χ4n) is 1.57. The van der Waals surface area contributed by atoms with E-state index in [9.17, 15) is 9.90 Å². The highest BCUT2D eigenvalue weighted by atomic mass is 16.4. The lowest BCUT2D eigenvalue weighted by Gasteiger charge is -2.15. The van der Waals surface area contributed by atoms with Crippen molar-refractivity contribution in [1.29, 1.82) is 0 Å². The summed E-state index contributed by atoms with van der Waals surface area (Å²) in [5.41, 5.74) is 6.41. The molecule has 2 rings (SSSR count). The van der Waals surface area contributed by atoms with Crippen LogP contribution in [0.15, 0.2) is 24.4 Å². The third-order valence-electron chi connectivity index (χ3n) is 2.45. The first-order valence-corrected chi connectivity index (χ1v) is 4.69. The first-order valence-electron chi connectivity index (χ1n) is 4.69. The number of aliphatic hydroxyl groups is 1. The summed E-state index contributed by atoms with van der Waals surface area (Å²) in [5.74, 6) is -1.25. The number of aromatic nitrogens is 2. The zero-order valence-corrected chi connectivity index (χ0v) is 8.29. The van der Waals surface area contributed by atoms with E-state index in [-0.39, 0.29) is 0 Å². The summed E-state index contributed by atoms with van der Waals surface area (Å²) >= 11 is 0. The van der Waals surface area contributed by atoms with E-state index in [4.69, 9.17) is 10.8 Å². The Morgan fingerprint density at radius 1 is 1.50 bits per heavy atom. The highest BCUT2D eigenvalue weighted by molar-refractivity contribution is 5.83. The van der Waals surface area contributed by atoms with Crippen molar-refractivity contribution in [3.63, 3.8) is 0 Å². The number of carboxylic acid groups (broad SMARTS) is 1. The Balaban J connectivity index is 2.46. The molecule has 2 unspecified atom stereocenters. The molecule has 5 N–H and O–H groups in total. The molecule has 0 amide bonds. The Bertz CT molecular complexity index is 523. The van der Waals surface area contributed by atoms with Gasteiger partial charge in [-0.1, -0.05) is 18.2 Å². The molecular weight excluding hydrogens is 210 g/mol. The van der Waals surface area contributed by atoms with Gasteiger partial charge in [0.2, 0.25) is 0 Å². The number of nitrogens with zero attached hydrogens (tertiary/aromatic N) is 1. The van der Waals surface area contributed by atoms with Crippen molar-refractivity contribution in [2.45, 2.75) is 12.1 Å². The first kappa shape index (κ1) is 10.6. The van der Waals surface area contributed by atoms with Crippen LogP contribution in [0.1, 0.15) is 11.7 Å². The van der Waals surface area contributed by atoms with Crippen molar-refractivity contribution in [3.05, 3.63) is 30.0 Å². The Morgan fingerprint density at radius 3 is 2.94 bits per heavy atom. The maximum atomic E-state index is 10.7. The standard InChI is InChI=1S/C10H11N3O3/c11-7(10(15)16)9(14)6-3-1-2-5-4-12-13-8(5)6/h1-4,7,9,14H,11H2,(H,12,13)(H,15,16). The van der Waals surface area contributed by atoms with Gasteiger partial charge >= 0.3 is 5.97 Å². The summed E-state index contributed by atoms with van der Waals surface area (Å²) in [4.78, 5) is 10.7. The Morgan fingerprint density at radius 2 is 2.25 bits per heavy atom. The zero-order chi connectivity index (χ0) is 11.7. The topological polar surface area (TPSA) is 112 Å². The Labute approximate surface area is 90.7 Å². The number of rotatable bonds is 3. The van der Waals surface area contributed by atoms with E-state index in [1.807, 2.05) is 0 Å². The van der Waals surface area contributed by atoms with E-state index >= 15 is 0 Å². The third kappa shape index (κ3) is 1.64. The van der Waals surface area contributed by atoms with Crippen LogP contribution in [0.2, 0.25) is 0 Å². The van der Waals surface area contributed by atoms with E-state index < -0.39 is 18.1 Å². The fourth-order valence-corrected chi connectivity index (χ4v) is 1.57. The molecule has 6 nitrogen and oxygen atoms in total. The molecule has 0 saturated heterocycles. The lowest BCUT2D eigenvalue weighted by atomic mass is 10.0. The van der Waals surface area contributed by atoms with E-state index in [0.29, 0.717) is 11.1 Å². The summed E-state index contributed by atoms with van der Waals surface area (Å²) in [6, 6.07) is 3.79. The highest BCUT2D eigenvalue weighted by Crippen LogP contribution is 2.23. The van der Waals surface area contributed by atoms with Crippen LogP contribution in [0.5, 0.6) is 0 Å². The number of nitrogens with two attached hydrogens (primary N) is 1. The maximum Gasteiger partial charge on any atom is 0.323 e. The molecule has 16 heavy (non-hydrogen) atoms. The Kier molecular flexibility index (Phi) is 2.59. The summed E-state index contributed by atoms with van der Waals surface area (Å²) in [5, 5.41) is 25.9. The lowest BCUT2D eigenvalue weighted by molar-refractivity contribution is -0.141. The zero-order valence-electron chi connectivity index (χ0n) is 8.29. The minimum atomic E-state index is -1.35. The van der Waals surface area contributed by atoms with E-state index in [0.717, 1.165) is 5.39 Å². The Hall–Kier alpha value is -1.92. The number of nitrogens with one attached hydrogen (secondary N) is 1. The van der Waals surface area contributed by atoms with Gasteiger partial charge in [-0.3, -0.25) is 9.89 Å². The number of aliphatic carboxylic acids is 1. The van der Waals surface area contributed by atoms with Crippen molar-refractivity contribution in [2.24, 2.45) is 5.73 Å². The second kappa shape index (κ2) is 3.92. The average molecular weight is 221 g/mol. The van der Waals surface area contributed by atoms with Gasteiger partial charge < -0.3 is 15.9 Å². The van der Waals surface area contributed by atoms with Gasteiger partial charge in [0.25, 0.3) is 0 Å². The van der Waals surface area contributed by atoms with Gasteiger partial charge in [-0.15, -0.1) is 0 Å². The summed E-state index contributed by atoms with van der Waals surface area (Å²) < 4.78 is 0. The van der Waals surface area contributed by atoms with Crippen LogP contribution in [-0.4, -0.2) is 32.4 Å². The van der Waals surface area contributed by atoms with E-state index in [1.165, 1.54) is 0 Å². The number of hydrogen-bond donors (Lipinski definition) is 4. The summed E-state index contributed by atoms with van der Waals surface area (Å²) in [7, 11) is 0. The van der Waals surface area contributed by atoms with Gasteiger partial charge in [0.1, 0.15) is 12.1 Å². The number of fused-ring (bicyclic) bond motifs is 1. The fraction of sp³-hybridized carbons (Fsp3) is 0.200. The van der Waals surface area contributed by atoms with Crippen molar-refractivity contribution < 1.29 is 15.0 Å². The molecule has 1 aromatic heterocycles. The highest BCUT2D eigenvalue weighted by Gasteiger charge is 2.25. The van der Waals surface area contributed by atoms with Crippen LogP contribution in [0.3, 0.4) is 0 Å². The van der Waals surface area contributed by atoms with E-state index in [1.54, 1.807) is 24.4 Å². The van der Waals surface area contributed by atoms with Crippen molar-refractivity contribution in [1.82, 2.24) is 10.2 Å². The van der Waals surface area contributed by atoms with Crippen LogP contribution in [-0.2, 0) is 4.79 Å². The summed E-state index contributed by atoms with van der Waals surface area (Å²) in [6.45, 7) is 0. The molecule has 0 aliphatic heterocycles. The number of aromatic amines is 1. The lowest BCUT2D eigenvalue weighted by Crippen LogP contribution is -2.36. The molecule has 0 radical (unpaired) electrons. The van der Waals surface area contributed by atoms with Gasteiger partial charge in [-0.25, -0.2) is 0 Å². The van der Waals surface area contributed by atoms with Gasteiger partial charge in [-0.2, -0.15) is 5.10 Å². The van der Waals surface area contributed by atoms with Crippen molar-refractivity contribution in [3.8, 4) is 0 Å². The van der Waals surface area contributed by atoms with Crippen LogP contribution >= 0.6 is 0 Å². The molecule has 1 heterocycles. The largest absolute Gasteiger partial charge is 0.480 e. The summed E-state index contributed by atoms with van der Waals surface area (Å²) in [6.07, 6.45) is 0.333. The normalized spacial score (nSPS) is 14.9. The number of aliphatic hydroxyl groups excluding tert-OH is 1. The van der Waals surface area contributed by atoms with Crippen molar-refractivity contribution >= 4 is 16.9 Å². The minimum absolute atomic E-state index is 0.435. The molecule has 6 heteroatoms. The molecule has 0 bridgehead atoms. The monoisotopic (exact) mass is 221 g/mol. The molecule has 0 aliphatic rings. The van der Waals surface area contributed by atoms with Crippen LogP contribution < -0.4 is 5.73 Å². The first-order chi connectivity index (χ1) is 7.61. The average Bonchev–Trinajstić information content (AvgIpc) is 2.74. The van der Waals surface area contributed by atoms with E-state index in [2.05, 4.69) is 10.2 Å². The molecule has 2 aromatic rings. The van der Waals surface area contributed by atoms with Crippen LogP contribution in [0.4, 0.5) is 0 Å². The van der Waals surface area contributed by atoms with Gasteiger partial charge in [0.05, 0.1) is 11.7 Å². The molecular formula is C10H11N3O3. The van der Waals surface area contributed by atoms with Gasteiger partial charge in [-0.05, 0) is 0 Å². The van der Waals surface area contributed by atoms with Crippen LogP contribution in [0.25, 0.3) is 10.9 Å². The SMILES string of the molecule is NC(C(=O)O)C(O)c1cccc2cn[nH]c12.